The second-order valence-corrected chi connectivity index (χ2v) is 7.86. The topological polar surface area (TPSA) is 98.7 Å². The standard InChI is InChI=1S/2C14H10O3.Fe/c2*15-14(16)13-9-5-1-3-7-11(9)17-12-8-4-2-6-10(12)13;/h2*1-8,13H,(H,15,16);/q;;+2/p-2. The van der Waals surface area contributed by atoms with Crippen molar-refractivity contribution in [2.75, 3.05) is 0 Å². The predicted octanol–water partition coefficient (Wildman–Crippen LogP) is 3.35. The number of benzene rings is 4. The van der Waals surface area contributed by atoms with Crippen LogP contribution < -0.4 is 19.7 Å². The largest absolute Gasteiger partial charge is 2.00 e. The molecule has 0 fully saturated rings. The first-order chi connectivity index (χ1) is 16.5. The fourth-order valence-corrected chi connectivity index (χ4v) is 4.33. The first kappa shape index (κ1) is 24.1. The van der Waals surface area contributed by atoms with Crippen LogP contribution in [0.4, 0.5) is 0 Å². The minimum absolute atomic E-state index is 0. The van der Waals surface area contributed by atoms with Gasteiger partial charge in [-0.3, -0.25) is 0 Å². The minimum Gasteiger partial charge on any atom is -0.549 e. The molecule has 0 aliphatic carbocycles. The monoisotopic (exact) mass is 506 g/mol. The van der Waals surface area contributed by atoms with Gasteiger partial charge in [-0.2, -0.15) is 0 Å². The third-order valence-corrected chi connectivity index (χ3v) is 5.83. The zero-order chi connectivity index (χ0) is 23.7. The maximum atomic E-state index is 11.3. The van der Waals surface area contributed by atoms with Crippen LogP contribution in [-0.2, 0) is 26.7 Å². The van der Waals surface area contributed by atoms with E-state index in [0.29, 0.717) is 45.3 Å². The molecule has 0 saturated heterocycles. The summed E-state index contributed by atoms with van der Waals surface area (Å²) in [5, 5.41) is 22.6. The minimum atomic E-state index is -1.10. The number of carboxylic acids is 2. The maximum Gasteiger partial charge on any atom is 2.00 e. The van der Waals surface area contributed by atoms with E-state index >= 15 is 0 Å². The zero-order valence-corrected chi connectivity index (χ0v) is 19.3. The molecule has 2 aliphatic heterocycles. The second-order valence-electron chi connectivity index (χ2n) is 7.86. The molecule has 0 unspecified atom stereocenters. The molecule has 0 amide bonds. The van der Waals surface area contributed by atoms with Crippen molar-refractivity contribution < 1.29 is 46.3 Å². The van der Waals surface area contributed by atoms with E-state index < -0.39 is 23.8 Å². The first-order valence-electron chi connectivity index (χ1n) is 10.7. The van der Waals surface area contributed by atoms with Crippen molar-refractivity contribution in [2.45, 2.75) is 11.8 Å². The number of hydrogen-bond acceptors (Lipinski definition) is 6. The van der Waals surface area contributed by atoms with Crippen molar-refractivity contribution >= 4 is 11.9 Å². The number of rotatable bonds is 2. The van der Waals surface area contributed by atoms with Gasteiger partial charge in [0.2, 0.25) is 0 Å². The molecule has 6 nitrogen and oxygen atoms in total. The number of carbonyl (C=O) groups is 2. The molecule has 2 heterocycles. The van der Waals surface area contributed by atoms with E-state index in [1.54, 1.807) is 72.8 Å². The van der Waals surface area contributed by atoms with Crippen LogP contribution in [0.5, 0.6) is 23.0 Å². The van der Waals surface area contributed by atoms with Crippen LogP contribution in [0.3, 0.4) is 0 Å². The quantitative estimate of drug-likeness (QED) is 0.387. The van der Waals surface area contributed by atoms with Crippen LogP contribution in [0.2, 0.25) is 0 Å². The SMILES string of the molecule is O=C([O-])C1c2ccccc2Oc2ccccc21.O=C([O-])C1c2ccccc2Oc2ccccc21.[Fe+2]. The number of aliphatic carboxylic acids is 2. The number of fused-ring (bicyclic) bond motifs is 4. The van der Waals surface area contributed by atoms with Crippen molar-refractivity contribution in [3.8, 4) is 23.0 Å². The summed E-state index contributed by atoms with van der Waals surface area (Å²) in [6.07, 6.45) is 0. The Morgan fingerprint density at radius 1 is 0.486 bits per heavy atom. The van der Waals surface area contributed by atoms with E-state index in [2.05, 4.69) is 0 Å². The predicted molar refractivity (Wildman–Crippen MR) is 120 cm³/mol. The molecule has 4 aromatic rings. The Balaban J connectivity index is 0.000000160. The van der Waals surface area contributed by atoms with Crippen LogP contribution in [0.15, 0.2) is 97.1 Å². The molecular weight excluding hydrogens is 488 g/mol. The average molecular weight is 506 g/mol. The fourth-order valence-electron chi connectivity index (χ4n) is 4.33. The Bertz CT molecular complexity index is 1200. The third kappa shape index (κ3) is 4.52. The van der Waals surface area contributed by atoms with Gasteiger partial charge in [-0.1, -0.05) is 72.8 Å². The Kier molecular flexibility index (Phi) is 6.92. The van der Waals surface area contributed by atoms with E-state index in [0.717, 1.165) is 0 Å². The summed E-state index contributed by atoms with van der Waals surface area (Å²) in [5.74, 6) is -1.38. The Labute approximate surface area is 212 Å². The summed E-state index contributed by atoms with van der Waals surface area (Å²) in [7, 11) is 0. The van der Waals surface area contributed by atoms with Gasteiger partial charge in [0, 0.05) is 22.3 Å². The first-order valence-corrected chi connectivity index (χ1v) is 10.7. The van der Waals surface area contributed by atoms with E-state index in [1.165, 1.54) is 0 Å². The average Bonchev–Trinajstić information content (AvgIpc) is 2.85. The van der Waals surface area contributed by atoms with Gasteiger partial charge in [-0.15, -0.1) is 0 Å². The van der Waals surface area contributed by atoms with Crippen molar-refractivity contribution in [3.63, 3.8) is 0 Å². The summed E-state index contributed by atoms with van der Waals surface area (Å²) in [5.41, 5.74) is 2.58. The zero-order valence-electron chi connectivity index (χ0n) is 18.2. The van der Waals surface area contributed by atoms with Crippen LogP contribution in [0.25, 0.3) is 0 Å². The van der Waals surface area contributed by atoms with Crippen molar-refractivity contribution in [1.82, 2.24) is 0 Å². The summed E-state index contributed by atoms with van der Waals surface area (Å²) in [6.45, 7) is 0. The van der Waals surface area contributed by atoms with Crippen LogP contribution >= 0.6 is 0 Å². The van der Waals surface area contributed by atoms with Crippen molar-refractivity contribution in [3.05, 3.63) is 119 Å². The third-order valence-electron chi connectivity index (χ3n) is 5.83. The van der Waals surface area contributed by atoms with Crippen LogP contribution in [-0.4, -0.2) is 11.9 Å². The summed E-state index contributed by atoms with van der Waals surface area (Å²) in [6, 6.07) is 28.5. The number of carbonyl (C=O) groups excluding carboxylic acids is 2. The number of para-hydroxylation sites is 4. The van der Waals surface area contributed by atoms with Gasteiger partial charge in [0.15, 0.2) is 0 Å². The van der Waals surface area contributed by atoms with Gasteiger partial charge < -0.3 is 29.3 Å². The molecule has 4 aromatic carbocycles. The molecule has 0 aromatic heterocycles. The molecule has 6 rings (SSSR count). The van der Waals surface area contributed by atoms with Gasteiger partial charge >= 0.3 is 17.1 Å². The molecule has 0 bridgehead atoms. The van der Waals surface area contributed by atoms with E-state index in [-0.39, 0.29) is 17.1 Å². The Morgan fingerprint density at radius 2 is 0.714 bits per heavy atom. The van der Waals surface area contributed by atoms with Crippen LogP contribution in [0, 0.1) is 0 Å². The Hall–Kier alpha value is -4.06. The summed E-state index contributed by atoms with van der Waals surface area (Å²) >= 11 is 0. The molecule has 2 aliphatic rings. The smallest absolute Gasteiger partial charge is 0.549 e. The van der Waals surface area contributed by atoms with E-state index in [1.807, 2.05) is 24.3 Å². The molecule has 0 atom stereocenters. The number of carboxylic acid groups (broad SMARTS) is 2. The van der Waals surface area contributed by atoms with Crippen molar-refractivity contribution in [2.24, 2.45) is 0 Å². The number of hydrogen-bond donors (Lipinski definition) is 0. The molecule has 0 spiro atoms. The molecule has 0 saturated carbocycles. The molecule has 0 radical (unpaired) electrons. The summed E-state index contributed by atoms with van der Waals surface area (Å²) < 4.78 is 11.3. The van der Waals surface area contributed by atoms with Gasteiger partial charge in [-0.25, -0.2) is 0 Å². The maximum absolute atomic E-state index is 11.3. The van der Waals surface area contributed by atoms with Crippen molar-refractivity contribution in [1.29, 1.82) is 0 Å². The van der Waals surface area contributed by atoms with E-state index in [9.17, 15) is 19.8 Å². The molecule has 7 heteroatoms. The molecule has 174 valence electrons. The second kappa shape index (κ2) is 10.1. The molecule has 35 heavy (non-hydrogen) atoms. The fraction of sp³-hybridized carbons (Fsp3) is 0.0714. The van der Waals surface area contributed by atoms with Gasteiger partial charge in [0.1, 0.15) is 23.0 Å². The molecule has 0 N–H and O–H groups in total. The molecular formula is C28H18FeO6. The normalized spacial score (nSPS) is 13.0. The van der Waals surface area contributed by atoms with E-state index in [4.69, 9.17) is 9.47 Å². The van der Waals surface area contributed by atoms with Gasteiger partial charge in [0.25, 0.3) is 0 Å². The van der Waals surface area contributed by atoms with Gasteiger partial charge in [0.05, 0.1) is 23.8 Å². The summed E-state index contributed by atoms with van der Waals surface area (Å²) in [4.78, 5) is 22.6. The van der Waals surface area contributed by atoms with Gasteiger partial charge in [-0.05, 0) is 24.3 Å². The van der Waals surface area contributed by atoms with Crippen LogP contribution in [0.1, 0.15) is 34.1 Å². The Morgan fingerprint density at radius 3 is 0.943 bits per heavy atom. The number of ether oxygens (including phenoxy) is 2.